The van der Waals surface area contributed by atoms with Gasteiger partial charge < -0.3 is 15.0 Å². The summed E-state index contributed by atoms with van der Waals surface area (Å²) in [4.78, 5) is 12.7. The number of rotatable bonds is 8. The lowest BCUT2D eigenvalue weighted by molar-refractivity contribution is -0.234. The monoisotopic (exact) mass is 488 g/mol. The molecule has 2 N–H and O–H groups in total. The molecule has 4 saturated carbocycles. The predicted molar refractivity (Wildman–Crippen MR) is 144 cm³/mol. The number of carbonyl (C=O) groups excluding carboxylic acids is 1. The minimum Gasteiger partial charge on any atom is -0.393 e. The first kappa shape index (κ1) is 27.6. The number of aldehydes is 1. The van der Waals surface area contributed by atoms with Crippen LogP contribution in [0.4, 0.5) is 0 Å². The highest BCUT2D eigenvalue weighted by Crippen LogP contribution is 2.76. The van der Waals surface area contributed by atoms with Crippen LogP contribution in [0.2, 0.25) is 0 Å². The van der Waals surface area contributed by atoms with Gasteiger partial charge in [0.15, 0.2) is 0 Å². The number of aliphatic hydroxyl groups is 2. The van der Waals surface area contributed by atoms with E-state index in [1.807, 2.05) is 0 Å². The van der Waals surface area contributed by atoms with Gasteiger partial charge in [0, 0.05) is 5.92 Å². The van der Waals surface area contributed by atoms with E-state index in [1.54, 1.807) is 0 Å². The van der Waals surface area contributed by atoms with Crippen LogP contribution in [0.15, 0.2) is 0 Å². The Hall–Kier alpha value is -0.410. The number of fused-ring (bicyclic) bond motifs is 5. The average molecular weight is 489 g/mol. The summed E-state index contributed by atoms with van der Waals surface area (Å²) in [5.41, 5.74) is 0.578. The highest BCUT2D eigenvalue weighted by Gasteiger charge is 2.70. The Morgan fingerprint density at radius 2 is 1.63 bits per heavy atom. The van der Waals surface area contributed by atoms with Crippen molar-refractivity contribution in [2.75, 3.05) is 0 Å². The van der Waals surface area contributed by atoms with Gasteiger partial charge in [0.2, 0.25) is 0 Å². The van der Waals surface area contributed by atoms with Gasteiger partial charge in [0.05, 0.1) is 12.2 Å². The number of aliphatic hydroxyl groups excluding tert-OH is 2. The molecule has 35 heavy (non-hydrogen) atoms. The quantitative estimate of drug-likeness (QED) is 0.349. The summed E-state index contributed by atoms with van der Waals surface area (Å²) in [6.07, 6.45) is 13.8. The Balaban J connectivity index is 1.60. The van der Waals surface area contributed by atoms with E-state index in [9.17, 15) is 15.0 Å². The van der Waals surface area contributed by atoms with Crippen LogP contribution in [-0.4, -0.2) is 28.7 Å². The Kier molecular flexibility index (Phi) is 7.67. The normalized spacial score (nSPS) is 50.3. The van der Waals surface area contributed by atoms with Crippen molar-refractivity contribution in [1.82, 2.24) is 0 Å². The fraction of sp³-hybridized carbons (Fsp3) is 0.969. The van der Waals surface area contributed by atoms with Crippen molar-refractivity contribution in [1.29, 1.82) is 0 Å². The minimum absolute atomic E-state index is 0.0128. The zero-order valence-corrected chi connectivity index (χ0v) is 24.0. The molecule has 0 aromatic heterocycles. The molecule has 0 amide bonds. The fourth-order valence-corrected chi connectivity index (χ4v) is 10.9. The van der Waals surface area contributed by atoms with Crippen LogP contribution in [0.5, 0.6) is 0 Å². The Morgan fingerprint density at radius 3 is 2.26 bits per heavy atom. The SMILES string of the molecule is CCC1(C)C(O)CCC2(C)C1CCC1(C)C2CC(C=O)C2C(CC(O)CCCC(C)C)CCC21C. The molecule has 202 valence electrons. The molecule has 0 saturated heterocycles. The smallest absolute Gasteiger partial charge is 0.123 e. The van der Waals surface area contributed by atoms with Crippen LogP contribution < -0.4 is 0 Å². The van der Waals surface area contributed by atoms with Crippen molar-refractivity contribution in [3.05, 3.63) is 0 Å². The first-order chi connectivity index (χ1) is 16.4. The molecule has 3 heteroatoms. The fourth-order valence-electron chi connectivity index (χ4n) is 10.9. The molecule has 0 aromatic rings. The number of hydrogen-bond acceptors (Lipinski definition) is 3. The summed E-state index contributed by atoms with van der Waals surface area (Å²) in [6, 6.07) is 0. The Labute approximate surface area is 216 Å². The molecular formula is C32H56O3. The van der Waals surface area contributed by atoms with Crippen molar-refractivity contribution in [3.8, 4) is 0 Å². The molecule has 0 aromatic carbocycles. The molecule has 4 aliphatic carbocycles. The lowest BCUT2D eigenvalue weighted by atomic mass is 9.34. The molecule has 0 aliphatic heterocycles. The molecular weight excluding hydrogens is 432 g/mol. The highest BCUT2D eigenvalue weighted by molar-refractivity contribution is 5.55. The summed E-state index contributed by atoms with van der Waals surface area (Å²) < 4.78 is 0. The average Bonchev–Trinajstić information content (AvgIpc) is 3.14. The van der Waals surface area contributed by atoms with E-state index in [1.165, 1.54) is 38.4 Å². The molecule has 4 rings (SSSR count). The second kappa shape index (κ2) is 9.72. The van der Waals surface area contributed by atoms with E-state index in [0.29, 0.717) is 29.6 Å². The first-order valence-corrected chi connectivity index (χ1v) is 15.2. The summed E-state index contributed by atoms with van der Waals surface area (Å²) in [5, 5.41) is 22.0. The zero-order chi connectivity index (χ0) is 25.8. The molecule has 0 heterocycles. The summed E-state index contributed by atoms with van der Waals surface area (Å²) >= 11 is 0. The van der Waals surface area contributed by atoms with Gasteiger partial charge in [-0.1, -0.05) is 61.3 Å². The maximum atomic E-state index is 12.7. The second-order valence-corrected chi connectivity index (χ2v) is 15.0. The largest absolute Gasteiger partial charge is 0.393 e. The summed E-state index contributed by atoms with van der Waals surface area (Å²) in [6.45, 7) is 16.8. The van der Waals surface area contributed by atoms with Crippen LogP contribution >= 0.6 is 0 Å². The minimum atomic E-state index is -0.225. The lowest BCUT2D eigenvalue weighted by Gasteiger charge is -2.70. The molecule has 0 spiro atoms. The van der Waals surface area contributed by atoms with Crippen LogP contribution in [0.25, 0.3) is 0 Å². The highest BCUT2D eigenvalue weighted by atomic mass is 16.3. The van der Waals surface area contributed by atoms with Crippen molar-refractivity contribution >= 4 is 6.29 Å². The van der Waals surface area contributed by atoms with E-state index in [0.717, 1.165) is 44.9 Å². The Bertz CT molecular complexity index is 764. The van der Waals surface area contributed by atoms with Gasteiger partial charge in [-0.15, -0.1) is 0 Å². The standard InChI is InChI=1S/C32H56O3/c1-8-29(4)25-13-17-31(6)26(30(25,5)15-14-27(29)35)19-23(20-33)28-22(12-16-32(28,31)7)18-24(34)11-9-10-21(2)3/h20-28,34-35H,8-19H2,1-7H3. The Morgan fingerprint density at radius 1 is 0.943 bits per heavy atom. The van der Waals surface area contributed by atoms with E-state index in [2.05, 4.69) is 48.5 Å². The maximum absolute atomic E-state index is 12.7. The van der Waals surface area contributed by atoms with E-state index < -0.39 is 0 Å². The van der Waals surface area contributed by atoms with Gasteiger partial charge in [-0.3, -0.25) is 0 Å². The molecule has 11 unspecified atom stereocenters. The molecule has 0 radical (unpaired) electrons. The molecule has 3 nitrogen and oxygen atoms in total. The third-order valence-electron chi connectivity index (χ3n) is 13.2. The van der Waals surface area contributed by atoms with Gasteiger partial charge in [-0.25, -0.2) is 0 Å². The van der Waals surface area contributed by atoms with E-state index in [4.69, 9.17) is 0 Å². The van der Waals surface area contributed by atoms with Crippen molar-refractivity contribution in [2.24, 2.45) is 57.2 Å². The lowest BCUT2D eigenvalue weighted by Crippen LogP contribution is -2.65. The van der Waals surface area contributed by atoms with Crippen LogP contribution in [-0.2, 0) is 4.79 Å². The first-order valence-electron chi connectivity index (χ1n) is 15.2. The van der Waals surface area contributed by atoms with Crippen LogP contribution in [0.3, 0.4) is 0 Å². The molecule has 11 atom stereocenters. The number of hydrogen-bond donors (Lipinski definition) is 2. The van der Waals surface area contributed by atoms with Crippen LogP contribution in [0.1, 0.15) is 126 Å². The summed E-state index contributed by atoms with van der Waals surface area (Å²) in [7, 11) is 0. The predicted octanol–water partition coefficient (Wildman–Crippen LogP) is 7.42. The maximum Gasteiger partial charge on any atom is 0.123 e. The molecule has 4 aliphatic rings. The van der Waals surface area contributed by atoms with E-state index in [-0.39, 0.29) is 39.8 Å². The number of carbonyl (C=O) groups is 1. The molecule has 4 fully saturated rings. The topological polar surface area (TPSA) is 57.5 Å². The van der Waals surface area contributed by atoms with Gasteiger partial charge in [-0.2, -0.15) is 0 Å². The van der Waals surface area contributed by atoms with Gasteiger partial charge in [0.1, 0.15) is 6.29 Å². The third kappa shape index (κ3) is 4.18. The van der Waals surface area contributed by atoms with Gasteiger partial charge in [-0.05, 0) is 115 Å². The second-order valence-electron chi connectivity index (χ2n) is 15.0. The molecule has 0 bridgehead atoms. The van der Waals surface area contributed by atoms with Crippen molar-refractivity contribution in [3.63, 3.8) is 0 Å². The van der Waals surface area contributed by atoms with Crippen molar-refractivity contribution in [2.45, 2.75) is 138 Å². The van der Waals surface area contributed by atoms with Gasteiger partial charge >= 0.3 is 0 Å². The summed E-state index contributed by atoms with van der Waals surface area (Å²) in [5.74, 6) is 2.77. The van der Waals surface area contributed by atoms with Crippen LogP contribution in [0, 0.1) is 57.2 Å². The van der Waals surface area contributed by atoms with Gasteiger partial charge in [0.25, 0.3) is 0 Å². The van der Waals surface area contributed by atoms with E-state index >= 15 is 0 Å². The van der Waals surface area contributed by atoms with Crippen molar-refractivity contribution < 1.29 is 15.0 Å². The third-order valence-corrected chi connectivity index (χ3v) is 13.2. The zero-order valence-electron chi connectivity index (χ0n) is 24.0.